The molecular weight excluding hydrogens is 320 g/mol. The van der Waals surface area contributed by atoms with Crippen LogP contribution in [0, 0.1) is 10.8 Å². The Kier molecular flexibility index (Phi) is 5.13. The van der Waals surface area contributed by atoms with Gasteiger partial charge in [0.15, 0.2) is 11.6 Å². The molecule has 0 aromatic heterocycles. The van der Waals surface area contributed by atoms with Crippen LogP contribution >= 0.6 is 0 Å². The molecule has 0 aliphatic heterocycles. The topological polar surface area (TPSA) is 34.1 Å². The van der Waals surface area contributed by atoms with Gasteiger partial charge in [0.2, 0.25) is 0 Å². The molecule has 2 nitrogen and oxygen atoms in total. The predicted molar refractivity (Wildman–Crippen MR) is 109 cm³/mol. The molecule has 26 heavy (non-hydrogen) atoms. The van der Waals surface area contributed by atoms with E-state index in [4.69, 9.17) is 0 Å². The fraction of sp³-hybridized carbons (Fsp3) is 0.583. The van der Waals surface area contributed by atoms with Crippen molar-refractivity contribution in [2.75, 3.05) is 0 Å². The van der Waals surface area contributed by atoms with Gasteiger partial charge in [0.25, 0.3) is 0 Å². The van der Waals surface area contributed by atoms with Gasteiger partial charge in [0.1, 0.15) is 0 Å². The van der Waals surface area contributed by atoms with Gasteiger partial charge < -0.3 is 0 Å². The summed E-state index contributed by atoms with van der Waals surface area (Å²) in [6.45, 7) is 20.8. The van der Waals surface area contributed by atoms with E-state index >= 15 is 0 Å². The van der Waals surface area contributed by atoms with Crippen LogP contribution in [-0.2, 0) is 9.59 Å². The van der Waals surface area contributed by atoms with Crippen molar-refractivity contribution in [1.29, 1.82) is 0 Å². The Morgan fingerprint density at radius 3 is 0.885 bits per heavy atom. The molecule has 0 saturated heterocycles. The van der Waals surface area contributed by atoms with Crippen LogP contribution in [0.3, 0.4) is 0 Å². The fourth-order valence-electron chi connectivity index (χ4n) is 4.71. The number of hydrogen-bond donors (Lipinski definition) is 0. The van der Waals surface area contributed by atoms with E-state index in [0.29, 0.717) is 0 Å². The predicted octanol–water partition coefficient (Wildman–Crippen LogP) is 6.29. The number of allylic oxidation sites excluding steroid dienone is 8. The molecule has 142 valence electrons. The van der Waals surface area contributed by atoms with E-state index in [-0.39, 0.29) is 22.4 Å². The van der Waals surface area contributed by atoms with Crippen LogP contribution in [0.2, 0.25) is 0 Å². The van der Waals surface area contributed by atoms with Gasteiger partial charge in [-0.15, -0.1) is 0 Å². The maximum Gasteiger partial charge on any atom is 0.184 e. The summed E-state index contributed by atoms with van der Waals surface area (Å²) in [7, 11) is 0. The molecule has 0 heterocycles. The standard InChI is InChI=1S/C24H34O2/c1-13-17(5)23(9,18(6)14(2)21(13)25)11-12-24(10)19(7)15(3)22(26)16(4)20(24)8/h11-12H2,1-10H3. The van der Waals surface area contributed by atoms with Crippen molar-refractivity contribution < 1.29 is 9.59 Å². The van der Waals surface area contributed by atoms with E-state index in [1.54, 1.807) is 0 Å². The van der Waals surface area contributed by atoms with Crippen molar-refractivity contribution in [2.45, 2.75) is 82.1 Å². The zero-order chi connectivity index (χ0) is 20.2. The van der Waals surface area contributed by atoms with Crippen molar-refractivity contribution in [3.05, 3.63) is 44.6 Å². The molecule has 0 saturated carbocycles. The van der Waals surface area contributed by atoms with Crippen molar-refractivity contribution in [3.8, 4) is 0 Å². The third-order valence-electron chi connectivity index (χ3n) is 8.05. The first-order valence-corrected chi connectivity index (χ1v) is 9.62. The molecule has 0 fully saturated rings. The molecular formula is C24H34O2. The Balaban J connectivity index is 2.47. The highest BCUT2D eigenvalue weighted by molar-refractivity contribution is 6.10. The van der Waals surface area contributed by atoms with Gasteiger partial charge in [-0.05, 0) is 90.5 Å². The van der Waals surface area contributed by atoms with Gasteiger partial charge in [0.05, 0.1) is 0 Å². The number of hydrogen-bond acceptors (Lipinski definition) is 2. The minimum atomic E-state index is -0.102. The lowest BCUT2D eigenvalue weighted by molar-refractivity contribution is -0.113. The van der Waals surface area contributed by atoms with Crippen molar-refractivity contribution >= 4 is 11.6 Å². The lowest BCUT2D eigenvalue weighted by Crippen LogP contribution is -2.34. The van der Waals surface area contributed by atoms with Crippen LogP contribution in [0.1, 0.15) is 82.1 Å². The van der Waals surface area contributed by atoms with Gasteiger partial charge in [0, 0.05) is 10.8 Å². The van der Waals surface area contributed by atoms with E-state index in [1.165, 1.54) is 22.3 Å². The summed E-state index contributed by atoms with van der Waals surface area (Å²) >= 11 is 0. The van der Waals surface area contributed by atoms with Crippen LogP contribution in [0.15, 0.2) is 44.6 Å². The largest absolute Gasteiger partial charge is 0.289 e. The molecule has 2 aliphatic rings. The van der Waals surface area contributed by atoms with Crippen LogP contribution in [0.25, 0.3) is 0 Å². The first-order chi connectivity index (χ1) is 11.8. The highest BCUT2D eigenvalue weighted by Gasteiger charge is 2.42. The highest BCUT2D eigenvalue weighted by atomic mass is 16.1. The molecule has 0 atom stereocenters. The monoisotopic (exact) mass is 354 g/mol. The summed E-state index contributed by atoms with van der Waals surface area (Å²) in [6.07, 6.45) is 1.93. The first kappa shape index (κ1) is 20.6. The SMILES string of the molecule is CC1=C(C)C(C)(CCC2(C)C(C)=C(C)C(=O)C(C)=C2C)C(C)=C(C)C1=O. The Morgan fingerprint density at radius 2 is 0.692 bits per heavy atom. The number of Topliss-reactive ketones (excluding diaryl/α,β-unsaturated/α-hetero) is 2. The normalized spacial score (nSPS) is 23.5. The minimum Gasteiger partial charge on any atom is -0.289 e. The van der Waals surface area contributed by atoms with Crippen LogP contribution in [0.4, 0.5) is 0 Å². The molecule has 0 aromatic rings. The van der Waals surface area contributed by atoms with Crippen LogP contribution < -0.4 is 0 Å². The zero-order valence-electron chi connectivity index (χ0n) is 18.2. The van der Waals surface area contributed by atoms with Crippen molar-refractivity contribution in [3.63, 3.8) is 0 Å². The average Bonchev–Trinajstić information content (AvgIpc) is 2.63. The second-order valence-electron chi connectivity index (χ2n) is 8.82. The van der Waals surface area contributed by atoms with E-state index in [9.17, 15) is 9.59 Å². The molecule has 0 amide bonds. The summed E-state index contributed by atoms with van der Waals surface area (Å²) in [4.78, 5) is 24.9. The van der Waals surface area contributed by atoms with Gasteiger partial charge in [-0.25, -0.2) is 0 Å². The molecule has 0 bridgehead atoms. The Bertz CT molecular complexity index is 698. The lowest BCUT2D eigenvalue weighted by atomic mass is 9.60. The summed E-state index contributed by atoms with van der Waals surface area (Å²) < 4.78 is 0. The summed E-state index contributed by atoms with van der Waals surface area (Å²) in [5, 5.41) is 0. The Morgan fingerprint density at radius 1 is 0.500 bits per heavy atom. The van der Waals surface area contributed by atoms with E-state index in [2.05, 4.69) is 41.5 Å². The number of carbonyl (C=O) groups excluding carboxylic acids is 2. The number of carbonyl (C=O) groups is 2. The molecule has 2 heteroatoms. The second-order valence-corrected chi connectivity index (χ2v) is 8.82. The van der Waals surface area contributed by atoms with Gasteiger partial charge in [-0.1, -0.05) is 36.1 Å². The fourth-order valence-corrected chi connectivity index (χ4v) is 4.71. The minimum absolute atomic E-state index is 0.102. The third-order valence-corrected chi connectivity index (χ3v) is 8.05. The lowest BCUT2D eigenvalue weighted by Gasteiger charge is -2.43. The molecule has 0 N–H and O–H groups in total. The van der Waals surface area contributed by atoms with Crippen LogP contribution in [-0.4, -0.2) is 11.6 Å². The smallest absolute Gasteiger partial charge is 0.184 e. The maximum atomic E-state index is 12.5. The highest BCUT2D eigenvalue weighted by Crippen LogP contribution is 2.52. The average molecular weight is 355 g/mol. The summed E-state index contributed by atoms with van der Waals surface area (Å²) in [5.41, 5.74) is 8.14. The zero-order valence-corrected chi connectivity index (χ0v) is 18.2. The number of rotatable bonds is 3. The quantitative estimate of drug-likeness (QED) is 0.597. The van der Waals surface area contributed by atoms with Crippen molar-refractivity contribution in [2.24, 2.45) is 10.8 Å². The van der Waals surface area contributed by atoms with Gasteiger partial charge in [-0.3, -0.25) is 9.59 Å². The molecule has 0 unspecified atom stereocenters. The third kappa shape index (κ3) is 2.69. The van der Waals surface area contributed by atoms with Crippen LogP contribution in [0.5, 0.6) is 0 Å². The molecule has 0 radical (unpaired) electrons. The molecule has 0 spiro atoms. The van der Waals surface area contributed by atoms with Crippen molar-refractivity contribution in [1.82, 2.24) is 0 Å². The van der Waals surface area contributed by atoms with E-state index in [0.717, 1.165) is 35.1 Å². The Labute approximate surface area is 159 Å². The van der Waals surface area contributed by atoms with E-state index in [1.807, 2.05) is 27.7 Å². The van der Waals surface area contributed by atoms with Gasteiger partial charge >= 0.3 is 0 Å². The molecule has 2 rings (SSSR count). The molecule has 0 aromatic carbocycles. The van der Waals surface area contributed by atoms with Gasteiger partial charge in [-0.2, -0.15) is 0 Å². The molecule has 2 aliphatic carbocycles. The number of ketones is 2. The Hall–Kier alpha value is -1.70. The van der Waals surface area contributed by atoms with E-state index < -0.39 is 0 Å². The summed E-state index contributed by atoms with van der Waals surface area (Å²) in [6, 6.07) is 0. The summed E-state index contributed by atoms with van der Waals surface area (Å²) in [5.74, 6) is 0.372. The maximum absolute atomic E-state index is 12.5. The first-order valence-electron chi connectivity index (χ1n) is 9.62. The second kappa shape index (κ2) is 6.48.